The number of hydrogen-bond acceptors (Lipinski definition) is 7. The molecule has 2 aliphatic rings. The summed E-state index contributed by atoms with van der Waals surface area (Å²) in [6.07, 6.45) is 3.24. The lowest BCUT2D eigenvalue weighted by Crippen LogP contribution is -2.37. The molecule has 11 rings (SSSR count). The second kappa shape index (κ2) is 14.8. The number of aromatic nitrogens is 2. The highest BCUT2D eigenvalue weighted by Crippen LogP contribution is 2.64. The first-order valence-electron chi connectivity index (χ1n) is 20.4. The fourth-order valence-corrected chi connectivity index (χ4v) is 9.38. The summed E-state index contributed by atoms with van der Waals surface area (Å²) in [5.41, 5.74) is 13.5. The van der Waals surface area contributed by atoms with Crippen molar-refractivity contribution in [1.29, 1.82) is 10.5 Å². The van der Waals surface area contributed by atoms with Gasteiger partial charge in [0.1, 0.15) is 12.1 Å². The molecule has 9 aromatic rings. The van der Waals surface area contributed by atoms with Crippen LogP contribution in [-0.2, 0) is 5.41 Å². The van der Waals surface area contributed by atoms with E-state index in [2.05, 4.69) is 185 Å². The first kappa shape index (κ1) is 36.3. The topological polar surface area (TPSA) is 83.1 Å². The maximum atomic E-state index is 10.5. The molecule has 0 N–H and O–H groups in total. The molecule has 0 radical (unpaired) electrons. The molecular formula is C55H35N7. The van der Waals surface area contributed by atoms with Crippen LogP contribution in [-0.4, -0.2) is 9.97 Å². The van der Waals surface area contributed by atoms with Crippen LogP contribution in [0.15, 0.2) is 213 Å². The molecule has 7 heteroatoms. The minimum Gasteiger partial charge on any atom is -0.310 e. The molecule has 7 nitrogen and oxygen atoms in total. The maximum absolute atomic E-state index is 10.5. The molecule has 62 heavy (non-hydrogen) atoms. The van der Waals surface area contributed by atoms with Crippen molar-refractivity contribution in [2.24, 2.45) is 0 Å². The number of fused-ring (bicyclic) bond motifs is 9. The number of para-hydroxylation sites is 5. The normalized spacial score (nSPS) is 12.6. The standard InChI is InChI=1S/C55H35N7/c56-34-38-30-49-53(58-36-38)54-50(31-39(35-57)37-59-54)55(49)47-32-45(60(40-16-6-1-7-17-40)41-18-8-2-9-19-41)26-28-51(47)62(44-24-14-5-15-25-44)52-29-27-46(33-48(52)55)61(42-20-10-3-11-21-42)43-22-12-4-13-23-43/h1-33,36-37H. The van der Waals surface area contributed by atoms with Gasteiger partial charge in [-0.1, -0.05) is 91.0 Å². The number of benzene rings is 7. The molecule has 0 amide bonds. The number of pyridine rings is 2. The van der Waals surface area contributed by atoms with E-state index in [1.807, 2.05) is 42.5 Å². The third-order valence-corrected chi connectivity index (χ3v) is 11.9. The zero-order valence-electron chi connectivity index (χ0n) is 33.3. The molecule has 290 valence electrons. The quantitative estimate of drug-likeness (QED) is 0.159. The third kappa shape index (κ3) is 5.65. The minimum absolute atomic E-state index is 0.433. The highest BCUT2D eigenvalue weighted by Gasteiger charge is 2.54. The summed E-state index contributed by atoms with van der Waals surface area (Å²) in [6.45, 7) is 0. The molecule has 1 aliphatic carbocycles. The largest absolute Gasteiger partial charge is 0.310 e. The average molecular weight is 794 g/mol. The highest BCUT2D eigenvalue weighted by atomic mass is 15.2. The Balaban J connectivity index is 1.30. The van der Waals surface area contributed by atoms with E-state index < -0.39 is 5.41 Å². The van der Waals surface area contributed by atoms with E-state index in [1.165, 1.54) is 0 Å². The predicted molar refractivity (Wildman–Crippen MR) is 246 cm³/mol. The van der Waals surface area contributed by atoms with Crippen molar-refractivity contribution >= 4 is 51.2 Å². The van der Waals surface area contributed by atoms with Gasteiger partial charge in [-0.15, -0.1) is 0 Å². The molecule has 1 aliphatic heterocycles. The lowest BCUT2D eigenvalue weighted by atomic mass is 9.64. The van der Waals surface area contributed by atoms with Crippen LogP contribution in [0.25, 0.3) is 11.4 Å². The van der Waals surface area contributed by atoms with Gasteiger partial charge in [0.2, 0.25) is 0 Å². The Hall–Kier alpha value is -8.78. The van der Waals surface area contributed by atoms with Crippen LogP contribution >= 0.6 is 0 Å². The van der Waals surface area contributed by atoms with Gasteiger partial charge < -0.3 is 14.7 Å². The van der Waals surface area contributed by atoms with Crippen molar-refractivity contribution in [3.63, 3.8) is 0 Å². The molecule has 2 aromatic heterocycles. The van der Waals surface area contributed by atoms with Gasteiger partial charge in [0, 0.05) is 63.3 Å². The highest BCUT2D eigenvalue weighted by molar-refractivity contribution is 5.97. The van der Waals surface area contributed by atoms with Crippen LogP contribution in [0.4, 0.5) is 51.2 Å². The first-order valence-corrected chi connectivity index (χ1v) is 20.4. The van der Waals surface area contributed by atoms with Crippen LogP contribution in [0.2, 0.25) is 0 Å². The second-order valence-corrected chi connectivity index (χ2v) is 15.3. The maximum Gasteiger partial charge on any atom is 0.101 e. The van der Waals surface area contributed by atoms with E-state index in [4.69, 9.17) is 9.97 Å². The molecule has 0 unspecified atom stereocenters. The fourth-order valence-electron chi connectivity index (χ4n) is 9.38. The van der Waals surface area contributed by atoms with Crippen molar-refractivity contribution in [1.82, 2.24) is 9.97 Å². The van der Waals surface area contributed by atoms with Crippen molar-refractivity contribution in [3.8, 4) is 23.5 Å². The lowest BCUT2D eigenvalue weighted by molar-refractivity contribution is 0.748. The number of nitrogens with zero attached hydrogens (tertiary/aromatic N) is 7. The summed E-state index contributed by atoms with van der Waals surface area (Å²) >= 11 is 0. The van der Waals surface area contributed by atoms with E-state index in [1.54, 1.807) is 12.4 Å². The Bertz CT molecular complexity index is 2940. The Morgan fingerprint density at radius 1 is 0.387 bits per heavy atom. The summed E-state index contributed by atoms with van der Waals surface area (Å²) < 4.78 is 0. The molecule has 0 atom stereocenters. The molecule has 0 fully saturated rings. The Labute approximate surface area is 359 Å². The van der Waals surface area contributed by atoms with Crippen molar-refractivity contribution in [2.45, 2.75) is 5.41 Å². The molecule has 0 bridgehead atoms. The van der Waals surface area contributed by atoms with Crippen LogP contribution in [0.1, 0.15) is 33.4 Å². The Morgan fingerprint density at radius 2 is 0.742 bits per heavy atom. The molecule has 0 saturated heterocycles. The van der Waals surface area contributed by atoms with Crippen molar-refractivity contribution in [3.05, 3.63) is 246 Å². The zero-order valence-corrected chi connectivity index (χ0v) is 33.3. The van der Waals surface area contributed by atoms with E-state index in [-0.39, 0.29) is 0 Å². The van der Waals surface area contributed by atoms with Crippen molar-refractivity contribution in [2.75, 3.05) is 14.7 Å². The van der Waals surface area contributed by atoms with Gasteiger partial charge in [0.15, 0.2) is 0 Å². The minimum atomic E-state index is -1.09. The molecule has 1 spiro atoms. The van der Waals surface area contributed by atoms with Gasteiger partial charge >= 0.3 is 0 Å². The summed E-state index contributed by atoms with van der Waals surface area (Å²) in [4.78, 5) is 16.9. The first-order chi connectivity index (χ1) is 30.7. The monoisotopic (exact) mass is 793 g/mol. The predicted octanol–water partition coefficient (Wildman–Crippen LogP) is 13.3. The molecule has 0 saturated carbocycles. The zero-order chi connectivity index (χ0) is 41.6. The summed E-state index contributed by atoms with van der Waals surface area (Å²) in [5, 5.41) is 21.0. The number of rotatable bonds is 7. The Morgan fingerprint density at radius 3 is 1.10 bits per heavy atom. The van der Waals surface area contributed by atoms with Gasteiger partial charge in [-0.25, -0.2) is 0 Å². The summed E-state index contributed by atoms with van der Waals surface area (Å²) in [5.74, 6) is 0. The second-order valence-electron chi connectivity index (χ2n) is 15.3. The van der Waals surface area contributed by atoms with E-state index in [9.17, 15) is 10.5 Å². The van der Waals surface area contributed by atoms with E-state index >= 15 is 0 Å². The van der Waals surface area contributed by atoms with Gasteiger partial charge in [0.25, 0.3) is 0 Å². The van der Waals surface area contributed by atoms with Crippen LogP contribution in [0, 0.1) is 22.7 Å². The average Bonchev–Trinajstić information content (AvgIpc) is 3.63. The van der Waals surface area contributed by atoms with E-state index in [0.29, 0.717) is 22.5 Å². The summed E-state index contributed by atoms with van der Waals surface area (Å²) in [6, 6.07) is 74.0. The van der Waals surface area contributed by atoms with Gasteiger partial charge in [-0.05, 0) is 120 Å². The Kier molecular flexibility index (Phi) is 8.67. The van der Waals surface area contributed by atoms with Crippen molar-refractivity contribution < 1.29 is 0 Å². The SMILES string of the molecule is N#Cc1cnc2c(c1)C1(c3cc(N(c4ccccc4)c4ccccc4)ccc3N(c3ccccc3)c3ccc(N(c4ccccc4)c4ccccc4)cc31)c1cc(C#N)cnc1-2. The van der Waals surface area contributed by atoms with Gasteiger partial charge in [0.05, 0.1) is 39.3 Å². The fraction of sp³-hybridized carbons (Fsp3) is 0.0182. The number of nitriles is 2. The van der Waals surface area contributed by atoms with E-state index in [0.717, 1.165) is 73.4 Å². The summed E-state index contributed by atoms with van der Waals surface area (Å²) in [7, 11) is 0. The van der Waals surface area contributed by atoms with Crippen LogP contribution in [0.3, 0.4) is 0 Å². The molecular weight excluding hydrogens is 759 g/mol. The van der Waals surface area contributed by atoms with Gasteiger partial charge in [-0.3, -0.25) is 9.97 Å². The van der Waals surface area contributed by atoms with Crippen LogP contribution in [0.5, 0.6) is 0 Å². The number of anilines is 9. The van der Waals surface area contributed by atoms with Gasteiger partial charge in [-0.2, -0.15) is 10.5 Å². The number of hydrogen-bond donors (Lipinski definition) is 0. The van der Waals surface area contributed by atoms with Crippen LogP contribution < -0.4 is 14.7 Å². The molecule has 7 aromatic carbocycles. The molecule has 3 heterocycles. The lowest BCUT2D eigenvalue weighted by Gasteiger charge is -2.45. The smallest absolute Gasteiger partial charge is 0.101 e. The third-order valence-electron chi connectivity index (χ3n) is 11.9.